The number of hydrogen-bond acceptors (Lipinski definition) is 3. The lowest BCUT2D eigenvalue weighted by atomic mass is 10.0. The first-order chi connectivity index (χ1) is 8.35. The molecule has 0 spiro atoms. The molecular weight excluding hydrogens is 249 g/mol. The van der Waals surface area contributed by atoms with Crippen molar-refractivity contribution in [3.05, 3.63) is 0 Å². The molecule has 1 fully saturated rings. The lowest BCUT2D eigenvalue weighted by molar-refractivity contribution is -0.146. The minimum absolute atomic E-state index is 0.101. The number of rotatable bonds is 5. The van der Waals surface area contributed by atoms with Crippen molar-refractivity contribution in [2.24, 2.45) is 5.92 Å². The van der Waals surface area contributed by atoms with Gasteiger partial charge in [-0.2, -0.15) is 13.2 Å². The first-order valence-electron chi connectivity index (χ1n) is 5.98. The fourth-order valence-corrected chi connectivity index (χ4v) is 1.95. The quantitative estimate of drug-likeness (QED) is 0.809. The zero-order valence-corrected chi connectivity index (χ0v) is 10.6. The van der Waals surface area contributed by atoms with Crippen LogP contribution in [0.25, 0.3) is 0 Å². The van der Waals surface area contributed by atoms with Crippen LogP contribution < -0.4 is 5.32 Å². The molecule has 4 nitrogen and oxygen atoms in total. The predicted octanol–water partition coefficient (Wildman–Crippen LogP) is 1.02. The van der Waals surface area contributed by atoms with Crippen LogP contribution >= 0.6 is 0 Å². The number of carbonyl (C=O) groups excluding carboxylic acids is 1. The number of carbonyl (C=O) groups is 1. The molecule has 1 aliphatic rings. The highest BCUT2D eigenvalue weighted by atomic mass is 19.4. The summed E-state index contributed by atoms with van der Waals surface area (Å²) < 4.78 is 41.4. The van der Waals surface area contributed by atoms with Gasteiger partial charge in [0.05, 0.1) is 25.6 Å². The Hall–Kier alpha value is -0.820. The smallest absolute Gasteiger partial charge is 0.379 e. The molecule has 1 saturated heterocycles. The van der Waals surface area contributed by atoms with E-state index in [1.54, 1.807) is 0 Å². The molecule has 1 amide bonds. The highest BCUT2D eigenvalue weighted by Crippen LogP contribution is 2.21. The summed E-state index contributed by atoms with van der Waals surface area (Å²) in [5.74, 6) is -0.675. The largest absolute Gasteiger partial charge is 0.390 e. The number of hydrogen-bond donors (Lipinski definition) is 1. The van der Waals surface area contributed by atoms with Gasteiger partial charge in [-0.15, -0.1) is 0 Å². The molecule has 106 valence electrons. The third-order valence-electron chi connectivity index (χ3n) is 2.97. The standard InChI is InChI=1S/C11H19F3N2O2/c1-3-15-9-7-18-6-8(9)10(17)16(2)5-4-11(12,13)14/h8-9,15H,3-7H2,1-2H3. The van der Waals surface area contributed by atoms with Crippen LogP contribution in [0.1, 0.15) is 13.3 Å². The van der Waals surface area contributed by atoms with Gasteiger partial charge in [-0.1, -0.05) is 6.92 Å². The second-order valence-electron chi connectivity index (χ2n) is 4.43. The van der Waals surface area contributed by atoms with Gasteiger partial charge in [0.2, 0.25) is 5.91 Å². The Labute approximate surface area is 104 Å². The molecule has 0 aromatic rings. The van der Waals surface area contributed by atoms with Crippen molar-refractivity contribution >= 4 is 5.91 Å². The van der Waals surface area contributed by atoms with E-state index < -0.39 is 12.6 Å². The Bertz CT molecular complexity index is 284. The van der Waals surface area contributed by atoms with Gasteiger partial charge in [-0.3, -0.25) is 4.79 Å². The molecule has 2 unspecified atom stereocenters. The molecule has 0 radical (unpaired) electrons. The number of halogens is 3. The lowest BCUT2D eigenvalue weighted by Crippen LogP contribution is -2.45. The van der Waals surface area contributed by atoms with Gasteiger partial charge < -0.3 is 15.0 Å². The van der Waals surface area contributed by atoms with E-state index in [0.29, 0.717) is 13.2 Å². The molecule has 1 N–H and O–H groups in total. The lowest BCUT2D eigenvalue weighted by Gasteiger charge is -2.24. The van der Waals surface area contributed by atoms with Gasteiger partial charge in [0.15, 0.2) is 0 Å². The van der Waals surface area contributed by atoms with E-state index >= 15 is 0 Å². The van der Waals surface area contributed by atoms with E-state index in [4.69, 9.17) is 4.74 Å². The summed E-state index contributed by atoms with van der Waals surface area (Å²) in [6, 6.07) is -0.101. The SMILES string of the molecule is CCNC1COCC1C(=O)N(C)CCC(F)(F)F. The van der Waals surface area contributed by atoms with Crippen LogP contribution in [0, 0.1) is 5.92 Å². The van der Waals surface area contributed by atoms with Crippen LogP contribution in [0.2, 0.25) is 0 Å². The maximum atomic E-state index is 12.1. The highest BCUT2D eigenvalue weighted by Gasteiger charge is 2.36. The Balaban J connectivity index is 2.47. The maximum Gasteiger partial charge on any atom is 0.390 e. The van der Waals surface area contributed by atoms with Crippen molar-refractivity contribution in [1.82, 2.24) is 10.2 Å². The van der Waals surface area contributed by atoms with Gasteiger partial charge in [-0.05, 0) is 6.54 Å². The van der Waals surface area contributed by atoms with E-state index in [1.165, 1.54) is 7.05 Å². The molecule has 0 aliphatic carbocycles. The first-order valence-corrected chi connectivity index (χ1v) is 5.98. The van der Waals surface area contributed by atoms with Crippen LogP contribution in [0.3, 0.4) is 0 Å². The second kappa shape index (κ2) is 6.38. The van der Waals surface area contributed by atoms with Crippen LogP contribution in [0.15, 0.2) is 0 Å². The van der Waals surface area contributed by atoms with Crippen molar-refractivity contribution in [1.29, 1.82) is 0 Å². The van der Waals surface area contributed by atoms with Gasteiger partial charge in [-0.25, -0.2) is 0 Å². The number of likely N-dealkylation sites (N-methyl/N-ethyl adjacent to an activating group) is 1. The molecule has 1 heterocycles. The summed E-state index contributed by atoms with van der Waals surface area (Å²) in [7, 11) is 1.40. The van der Waals surface area contributed by atoms with Gasteiger partial charge in [0, 0.05) is 19.6 Å². The second-order valence-corrected chi connectivity index (χ2v) is 4.43. The van der Waals surface area contributed by atoms with Crippen LogP contribution in [0.5, 0.6) is 0 Å². The van der Waals surface area contributed by atoms with Gasteiger partial charge >= 0.3 is 6.18 Å². The van der Waals surface area contributed by atoms with Gasteiger partial charge in [0.1, 0.15) is 0 Å². The molecular formula is C11H19F3N2O2. The number of amides is 1. The van der Waals surface area contributed by atoms with Crippen molar-refractivity contribution in [3.8, 4) is 0 Å². The summed E-state index contributed by atoms with van der Waals surface area (Å²) in [5.41, 5.74) is 0. The number of nitrogens with zero attached hydrogens (tertiary/aromatic N) is 1. The average Bonchev–Trinajstić information content (AvgIpc) is 2.72. The molecule has 7 heteroatoms. The Kier molecular flexibility index (Phi) is 5.40. The zero-order valence-electron chi connectivity index (χ0n) is 10.6. The topological polar surface area (TPSA) is 41.6 Å². The third-order valence-corrected chi connectivity index (χ3v) is 2.97. The van der Waals surface area contributed by atoms with Crippen molar-refractivity contribution in [2.75, 3.05) is 33.4 Å². The summed E-state index contributed by atoms with van der Waals surface area (Å²) >= 11 is 0. The fourth-order valence-electron chi connectivity index (χ4n) is 1.95. The van der Waals surface area contributed by atoms with Crippen LogP contribution in [-0.2, 0) is 9.53 Å². The Morgan fingerprint density at radius 1 is 1.44 bits per heavy atom. The van der Waals surface area contributed by atoms with Gasteiger partial charge in [0.25, 0.3) is 0 Å². The Morgan fingerprint density at radius 3 is 2.67 bits per heavy atom. The first kappa shape index (κ1) is 15.2. The third kappa shape index (κ3) is 4.45. The predicted molar refractivity (Wildman–Crippen MR) is 60.1 cm³/mol. The maximum absolute atomic E-state index is 12.1. The molecule has 0 aromatic carbocycles. The summed E-state index contributed by atoms with van der Waals surface area (Å²) in [5, 5.41) is 3.11. The van der Waals surface area contributed by atoms with E-state index in [1.807, 2.05) is 6.92 Å². The summed E-state index contributed by atoms with van der Waals surface area (Å²) in [4.78, 5) is 13.1. The molecule has 0 aromatic heterocycles. The molecule has 2 atom stereocenters. The number of ether oxygens (including phenoxy) is 1. The highest BCUT2D eigenvalue weighted by molar-refractivity contribution is 5.79. The van der Waals surface area contributed by atoms with E-state index in [0.717, 1.165) is 4.90 Å². The van der Waals surface area contributed by atoms with Crippen molar-refractivity contribution in [3.63, 3.8) is 0 Å². The van der Waals surface area contributed by atoms with E-state index in [-0.39, 0.29) is 31.0 Å². The van der Waals surface area contributed by atoms with E-state index in [2.05, 4.69) is 5.32 Å². The van der Waals surface area contributed by atoms with Crippen molar-refractivity contribution in [2.45, 2.75) is 25.6 Å². The minimum Gasteiger partial charge on any atom is -0.379 e. The molecule has 1 aliphatic heterocycles. The summed E-state index contributed by atoms with van der Waals surface area (Å²) in [6.07, 6.45) is -5.21. The molecule has 0 saturated carbocycles. The van der Waals surface area contributed by atoms with Crippen LogP contribution in [0.4, 0.5) is 13.2 Å². The Morgan fingerprint density at radius 2 is 2.11 bits per heavy atom. The van der Waals surface area contributed by atoms with E-state index in [9.17, 15) is 18.0 Å². The molecule has 18 heavy (non-hydrogen) atoms. The molecule has 0 bridgehead atoms. The monoisotopic (exact) mass is 268 g/mol. The zero-order chi connectivity index (χ0) is 13.8. The normalized spacial score (nSPS) is 24.3. The fraction of sp³-hybridized carbons (Fsp3) is 0.909. The minimum atomic E-state index is -4.23. The van der Waals surface area contributed by atoms with Crippen molar-refractivity contribution < 1.29 is 22.7 Å². The number of alkyl halides is 3. The average molecular weight is 268 g/mol. The van der Waals surface area contributed by atoms with Crippen LogP contribution in [-0.4, -0.2) is 56.4 Å². The summed E-state index contributed by atoms with van der Waals surface area (Å²) in [6.45, 7) is 3.00. The number of nitrogens with one attached hydrogen (secondary N) is 1. The molecule has 1 rings (SSSR count).